The molecule has 0 aliphatic heterocycles. The summed E-state index contributed by atoms with van der Waals surface area (Å²) in [5.74, 6) is 2.35. The first kappa shape index (κ1) is 11.8. The molecule has 0 aliphatic rings. The van der Waals surface area contributed by atoms with E-state index < -0.39 is 0 Å². The van der Waals surface area contributed by atoms with Crippen LogP contribution in [0.3, 0.4) is 0 Å². The minimum atomic E-state index is 0.436. The summed E-state index contributed by atoms with van der Waals surface area (Å²) in [4.78, 5) is 8.47. The number of aromatic nitrogens is 5. The van der Waals surface area contributed by atoms with Crippen molar-refractivity contribution in [1.29, 1.82) is 0 Å². The van der Waals surface area contributed by atoms with Gasteiger partial charge in [0.2, 0.25) is 0 Å². The highest BCUT2D eigenvalue weighted by Gasteiger charge is 2.08. The Morgan fingerprint density at radius 3 is 2.82 bits per heavy atom. The second-order valence-electron chi connectivity index (χ2n) is 4.43. The molecular formula is C11H18N6. The predicted molar refractivity (Wildman–Crippen MR) is 64.1 cm³/mol. The van der Waals surface area contributed by atoms with Crippen LogP contribution in [0.5, 0.6) is 0 Å². The molecule has 0 fully saturated rings. The third kappa shape index (κ3) is 2.71. The topological polar surface area (TPSA) is 74.5 Å². The fourth-order valence-electron chi connectivity index (χ4n) is 1.74. The lowest BCUT2D eigenvalue weighted by atomic mass is 10.2. The monoisotopic (exact) mass is 234 g/mol. The highest BCUT2D eigenvalue weighted by atomic mass is 15.3. The highest BCUT2D eigenvalue weighted by Crippen LogP contribution is 2.05. The molecular weight excluding hydrogens is 216 g/mol. The summed E-state index contributed by atoms with van der Waals surface area (Å²) in [7, 11) is 0. The standard InChI is InChI=1S/C11H18N6/c1-9(2)6-17-11(14-8-15-17)7-16-4-3-13-10(16)5-12/h3-4,8-9H,5-7,12H2,1-2H3. The maximum Gasteiger partial charge on any atom is 0.146 e. The summed E-state index contributed by atoms with van der Waals surface area (Å²) in [6.45, 7) is 6.30. The number of nitrogens with zero attached hydrogens (tertiary/aromatic N) is 5. The van der Waals surface area contributed by atoms with Crippen molar-refractivity contribution in [2.24, 2.45) is 11.7 Å². The summed E-state index contributed by atoms with van der Waals surface area (Å²) in [5, 5.41) is 4.23. The Morgan fingerprint density at radius 1 is 1.29 bits per heavy atom. The zero-order valence-electron chi connectivity index (χ0n) is 10.2. The van der Waals surface area contributed by atoms with Gasteiger partial charge in [-0.15, -0.1) is 0 Å². The van der Waals surface area contributed by atoms with E-state index in [2.05, 4.69) is 28.9 Å². The fraction of sp³-hybridized carbons (Fsp3) is 0.545. The maximum absolute atomic E-state index is 5.62. The van der Waals surface area contributed by atoms with Gasteiger partial charge in [0.15, 0.2) is 0 Å². The molecule has 0 saturated carbocycles. The van der Waals surface area contributed by atoms with Gasteiger partial charge in [-0.3, -0.25) is 0 Å². The Morgan fingerprint density at radius 2 is 2.12 bits per heavy atom. The van der Waals surface area contributed by atoms with E-state index in [0.29, 0.717) is 19.0 Å². The fourth-order valence-corrected chi connectivity index (χ4v) is 1.74. The lowest BCUT2D eigenvalue weighted by molar-refractivity contribution is 0.459. The molecule has 2 heterocycles. The van der Waals surface area contributed by atoms with Crippen molar-refractivity contribution >= 4 is 0 Å². The second-order valence-corrected chi connectivity index (χ2v) is 4.43. The number of imidazole rings is 1. The number of rotatable bonds is 5. The third-order valence-corrected chi connectivity index (χ3v) is 2.53. The van der Waals surface area contributed by atoms with Crippen molar-refractivity contribution in [2.45, 2.75) is 33.5 Å². The van der Waals surface area contributed by atoms with E-state index in [-0.39, 0.29) is 0 Å². The van der Waals surface area contributed by atoms with Gasteiger partial charge in [0.05, 0.1) is 13.1 Å². The van der Waals surface area contributed by atoms with E-state index in [4.69, 9.17) is 5.73 Å². The molecule has 17 heavy (non-hydrogen) atoms. The van der Waals surface area contributed by atoms with Crippen LogP contribution < -0.4 is 5.73 Å². The van der Waals surface area contributed by atoms with E-state index >= 15 is 0 Å². The predicted octanol–water partition coefficient (Wildman–Crippen LogP) is 0.638. The molecule has 0 atom stereocenters. The summed E-state index contributed by atoms with van der Waals surface area (Å²) in [6.07, 6.45) is 5.26. The average Bonchev–Trinajstić information content (AvgIpc) is 2.88. The molecule has 0 amide bonds. The van der Waals surface area contributed by atoms with Crippen molar-refractivity contribution in [2.75, 3.05) is 0 Å². The number of hydrogen-bond donors (Lipinski definition) is 1. The molecule has 0 aromatic carbocycles. The summed E-state index contributed by atoms with van der Waals surface area (Å²) < 4.78 is 3.94. The van der Waals surface area contributed by atoms with E-state index in [1.807, 2.05) is 15.4 Å². The Hall–Kier alpha value is -1.69. The van der Waals surface area contributed by atoms with E-state index in [1.165, 1.54) is 0 Å². The Balaban J connectivity index is 2.16. The van der Waals surface area contributed by atoms with Crippen molar-refractivity contribution < 1.29 is 0 Å². The minimum absolute atomic E-state index is 0.436. The first-order valence-corrected chi connectivity index (χ1v) is 5.77. The second kappa shape index (κ2) is 5.09. The zero-order valence-corrected chi connectivity index (χ0v) is 10.2. The molecule has 0 spiro atoms. The van der Waals surface area contributed by atoms with Crippen molar-refractivity contribution in [3.05, 3.63) is 30.4 Å². The van der Waals surface area contributed by atoms with Gasteiger partial charge < -0.3 is 10.3 Å². The first-order valence-electron chi connectivity index (χ1n) is 5.77. The van der Waals surface area contributed by atoms with Gasteiger partial charge >= 0.3 is 0 Å². The molecule has 0 aliphatic carbocycles. The van der Waals surface area contributed by atoms with Crippen molar-refractivity contribution in [3.8, 4) is 0 Å². The maximum atomic E-state index is 5.62. The molecule has 6 heteroatoms. The Labute approximate surface area is 100 Å². The van der Waals surface area contributed by atoms with Crippen molar-refractivity contribution in [1.82, 2.24) is 24.3 Å². The largest absolute Gasteiger partial charge is 0.326 e. The lowest BCUT2D eigenvalue weighted by Gasteiger charge is -2.10. The Kier molecular flexibility index (Phi) is 3.53. The highest BCUT2D eigenvalue weighted by molar-refractivity contribution is 4.96. The van der Waals surface area contributed by atoms with Gasteiger partial charge in [-0.1, -0.05) is 13.8 Å². The SMILES string of the molecule is CC(C)Cn1ncnc1Cn1ccnc1CN. The number of nitrogens with two attached hydrogens (primary N) is 1. The van der Waals surface area contributed by atoms with Gasteiger partial charge in [-0.25, -0.2) is 14.6 Å². The summed E-state index contributed by atoms with van der Waals surface area (Å²) >= 11 is 0. The van der Waals surface area contributed by atoms with Crippen LogP contribution in [0.25, 0.3) is 0 Å². The number of hydrogen-bond acceptors (Lipinski definition) is 4. The molecule has 2 aromatic heterocycles. The average molecular weight is 234 g/mol. The molecule has 0 radical (unpaired) electrons. The zero-order chi connectivity index (χ0) is 12.3. The van der Waals surface area contributed by atoms with Gasteiger partial charge in [0, 0.05) is 18.9 Å². The quantitative estimate of drug-likeness (QED) is 0.823. The normalized spacial score (nSPS) is 11.3. The molecule has 2 rings (SSSR count). The van der Waals surface area contributed by atoms with Gasteiger partial charge in [0.1, 0.15) is 18.0 Å². The lowest BCUT2D eigenvalue weighted by Crippen LogP contribution is -2.15. The smallest absolute Gasteiger partial charge is 0.146 e. The molecule has 2 N–H and O–H groups in total. The molecule has 92 valence electrons. The summed E-state index contributed by atoms with van der Waals surface area (Å²) in [6, 6.07) is 0. The molecule has 0 bridgehead atoms. The van der Waals surface area contributed by atoms with Crippen molar-refractivity contribution in [3.63, 3.8) is 0 Å². The van der Waals surface area contributed by atoms with E-state index in [1.54, 1.807) is 12.5 Å². The van der Waals surface area contributed by atoms with E-state index in [0.717, 1.165) is 18.2 Å². The van der Waals surface area contributed by atoms with Crippen LogP contribution in [0, 0.1) is 5.92 Å². The van der Waals surface area contributed by atoms with Gasteiger partial charge in [-0.05, 0) is 5.92 Å². The van der Waals surface area contributed by atoms with Crippen LogP contribution in [0.4, 0.5) is 0 Å². The first-order chi connectivity index (χ1) is 8.20. The van der Waals surface area contributed by atoms with Crippen LogP contribution in [-0.2, 0) is 19.6 Å². The van der Waals surface area contributed by atoms with Crippen LogP contribution >= 0.6 is 0 Å². The van der Waals surface area contributed by atoms with E-state index in [9.17, 15) is 0 Å². The van der Waals surface area contributed by atoms with Crippen LogP contribution in [0.2, 0.25) is 0 Å². The summed E-state index contributed by atoms with van der Waals surface area (Å²) in [5.41, 5.74) is 5.62. The van der Waals surface area contributed by atoms with Gasteiger partial charge in [-0.2, -0.15) is 5.10 Å². The molecule has 6 nitrogen and oxygen atoms in total. The molecule has 2 aromatic rings. The minimum Gasteiger partial charge on any atom is -0.326 e. The van der Waals surface area contributed by atoms with Crippen LogP contribution in [-0.4, -0.2) is 24.3 Å². The van der Waals surface area contributed by atoms with Crippen LogP contribution in [0.15, 0.2) is 18.7 Å². The van der Waals surface area contributed by atoms with Crippen LogP contribution in [0.1, 0.15) is 25.5 Å². The third-order valence-electron chi connectivity index (χ3n) is 2.53. The molecule has 0 saturated heterocycles. The molecule has 0 unspecified atom stereocenters. The Bertz CT molecular complexity index is 470. The van der Waals surface area contributed by atoms with Gasteiger partial charge in [0.25, 0.3) is 0 Å².